The average Bonchev–Trinajstić information content (AvgIpc) is 2.54. The van der Waals surface area contributed by atoms with Gasteiger partial charge in [-0.05, 0) is 61.4 Å². The highest BCUT2D eigenvalue weighted by molar-refractivity contribution is 5.70. The van der Waals surface area contributed by atoms with E-state index in [4.69, 9.17) is 4.74 Å². The lowest BCUT2D eigenvalue weighted by Crippen LogP contribution is -2.09. The first-order valence-corrected chi connectivity index (χ1v) is 7.74. The molecule has 0 unspecified atom stereocenters. The van der Waals surface area contributed by atoms with Crippen LogP contribution in [-0.4, -0.2) is 11.6 Å². The molecule has 1 aromatic carbocycles. The molecule has 22 heavy (non-hydrogen) atoms. The van der Waals surface area contributed by atoms with Crippen LogP contribution >= 0.6 is 0 Å². The Morgan fingerprint density at radius 3 is 2.77 bits per heavy atom. The van der Waals surface area contributed by atoms with Gasteiger partial charge in [-0.3, -0.25) is 4.98 Å². The van der Waals surface area contributed by atoms with E-state index < -0.39 is 0 Å². The molecular formula is C19H20FNO. The summed E-state index contributed by atoms with van der Waals surface area (Å²) in [6.45, 7) is 2.50. The molecule has 2 aromatic rings. The molecule has 1 aromatic heterocycles. The highest BCUT2D eigenvalue weighted by atomic mass is 19.1. The van der Waals surface area contributed by atoms with Crippen LogP contribution in [0.15, 0.2) is 48.3 Å². The summed E-state index contributed by atoms with van der Waals surface area (Å²) in [5, 5.41) is 0. The summed E-state index contributed by atoms with van der Waals surface area (Å²) < 4.78 is 20.0. The largest absolute Gasteiger partial charge is 0.488 e. The molecule has 1 aliphatic carbocycles. The number of halogens is 1. The first-order valence-electron chi connectivity index (χ1n) is 7.74. The van der Waals surface area contributed by atoms with Crippen molar-refractivity contribution in [3.05, 3.63) is 65.2 Å². The average molecular weight is 297 g/mol. The van der Waals surface area contributed by atoms with Crippen molar-refractivity contribution < 1.29 is 9.13 Å². The molecule has 0 N–H and O–H groups in total. The third kappa shape index (κ3) is 3.35. The summed E-state index contributed by atoms with van der Waals surface area (Å²) >= 11 is 0. The summed E-state index contributed by atoms with van der Waals surface area (Å²) in [7, 11) is 0. The molecular weight excluding hydrogens is 277 g/mol. The van der Waals surface area contributed by atoms with E-state index in [0.717, 1.165) is 48.1 Å². The SMILES string of the molecule is Cc1cncc(OCC2=C(c3ccccc3F)CCCC2)c1. The fourth-order valence-corrected chi connectivity index (χ4v) is 2.93. The smallest absolute Gasteiger partial charge is 0.138 e. The van der Waals surface area contributed by atoms with Crippen LogP contribution in [0.25, 0.3) is 5.57 Å². The van der Waals surface area contributed by atoms with Gasteiger partial charge in [-0.2, -0.15) is 0 Å². The molecule has 0 bridgehead atoms. The third-order valence-corrected chi connectivity index (χ3v) is 4.04. The Labute approximate surface area is 130 Å². The number of nitrogens with zero attached hydrogens (tertiary/aromatic N) is 1. The van der Waals surface area contributed by atoms with Crippen molar-refractivity contribution in [3.8, 4) is 5.75 Å². The van der Waals surface area contributed by atoms with Crippen molar-refractivity contribution in [2.45, 2.75) is 32.6 Å². The quantitative estimate of drug-likeness (QED) is 0.797. The third-order valence-electron chi connectivity index (χ3n) is 4.04. The lowest BCUT2D eigenvalue weighted by Gasteiger charge is -2.21. The Kier molecular flexibility index (Phi) is 4.52. The fraction of sp³-hybridized carbons (Fsp3) is 0.316. The van der Waals surface area contributed by atoms with E-state index in [1.165, 1.54) is 11.6 Å². The molecule has 0 saturated carbocycles. The van der Waals surface area contributed by atoms with Crippen LogP contribution in [0.5, 0.6) is 5.75 Å². The lowest BCUT2D eigenvalue weighted by atomic mass is 9.87. The number of ether oxygens (including phenoxy) is 1. The van der Waals surface area contributed by atoms with Crippen molar-refractivity contribution in [2.24, 2.45) is 0 Å². The number of hydrogen-bond donors (Lipinski definition) is 0. The van der Waals surface area contributed by atoms with Crippen LogP contribution < -0.4 is 4.74 Å². The zero-order chi connectivity index (χ0) is 15.4. The topological polar surface area (TPSA) is 22.1 Å². The van der Waals surface area contributed by atoms with E-state index in [-0.39, 0.29) is 5.82 Å². The number of rotatable bonds is 4. The Bertz CT molecular complexity index is 693. The van der Waals surface area contributed by atoms with Gasteiger partial charge in [-0.1, -0.05) is 18.2 Å². The Morgan fingerprint density at radius 1 is 1.14 bits per heavy atom. The standard InChI is InChI=1S/C19H20FNO/c1-14-10-16(12-21-11-14)22-13-15-6-2-3-7-17(15)18-8-4-5-9-19(18)20/h4-5,8-12H,2-3,6-7,13H2,1H3. The van der Waals surface area contributed by atoms with Crippen LogP contribution in [0.3, 0.4) is 0 Å². The Hall–Kier alpha value is -2.16. The maximum Gasteiger partial charge on any atom is 0.138 e. The van der Waals surface area contributed by atoms with Gasteiger partial charge >= 0.3 is 0 Å². The molecule has 0 atom stereocenters. The minimum Gasteiger partial charge on any atom is -0.488 e. The van der Waals surface area contributed by atoms with Gasteiger partial charge in [-0.15, -0.1) is 0 Å². The highest BCUT2D eigenvalue weighted by Crippen LogP contribution is 2.33. The van der Waals surface area contributed by atoms with E-state index in [1.54, 1.807) is 18.5 Å². The normalized spacial score (nSPS) is 15.0. The second-order valence-corrected chi connectivity index (χ2v) is 5.76. The number of aryl methyl sites for hydroxylation is 1. The molecule has 3 rings (SSSR count). The van der Waals surface area contributed by atoms with Gasteiger partial charge in [0, 0.05) is 11.8 Å². The molecule has 3 heteroatoms. The second-order valence-electron chi connectivity index (χ2n) is 5.76. The number of aromatic nitrogens is 1. The van der Waals surface area contributed by atoms with Crippen LogP contribution in [0.4, 0.5) is 4.39 Å². The monoisotopic (exact) mass is 297 g/mol. The molecule has 2 nitrogen and oxygen atoms in total. The van der Waals surface area contributed by atoms with E-state index in [0.29, 0.717) is 6.61 Å². The summed E-state index contributed by atoms with van der Waals surface area (Å²) in [6, 6.07) is 8.99. The maximum absolute atomic E-state index is 14.1. The van der Waals surface area contributed by atoms with Crippen LogP contribution in [-0.2, 0) is 0 Å². The van der Waals surface area contributed by atoms with Gasteiger partial charge in [0.25, 0.3) is 0 Å². The van der Waals surface area contributed by atoms with Gasteiger partial charge in [-0.25, -0.2) is 4.39 Å². The predicted octanol–water partition coefficient (Wildman–Crippen LogP) is 4.94. The van der Waals surface area contributed by atoms with Gasteiger partial charge in [0.15, 0.2) is 0 Å². The van der Waals surface area contributed by atoms with Crippen molar-refractivity contribution in [2.75, 3.05) is 6.61 Å². The van der Waals surface area contributed by atoms with E-state index in [9.17, 15) is 4.39 Å². The van der Waals surface area contributed by atoms with Crippen molar-refractivity contribution >= 4 is 5.57 Å². The molecule has 0 radical (unpaired) electrons. The van der Waals surface area contributed by atoms with Crippen LogP contribution in [0.1, 0.15) is 36.8 Å². The van der Waals surface area contributed by atoms with Crippen molar-refractivity contribution in [1.82, 2.24) is 4.98 Å². The van der Waals surface area contributed by atoms with E-state index in [2.05, 4.69) is 4.98 Å². The number of pyridine rings is 1. The van der Waals surface area contributed by atoms with Gasteiger partial charge < -0.3 is 4.74 Å². The van der Waals surface area contributed by atoms with Crippen molar-refractivity contribution in [1.29, 1.82) is 0 Å². The van der Waals surface area contributed by atoms with Crippen LogP contribution in [0, 0.1) is 12.7 Å². The molecule has 0 saturated heterocycles. The second kappa shape index (κ2) is 6.73. The van der Waals surface area contributed by atoms with Crippen molar-refractivity contribution in [3.63, 3.8) is 0 Å². The van der Waals surface area contributed by atoms with Crippen LogP contribution in [0.2, 0.25) is 0 Å². The molecule has 0 spiro atoms. The maximum atomic E-state index is 14.1. The predicted molar refractivity (Wildman–Crippen MR) is 86.3 cm³/mol. The van der Waals surface area contributed by atoms with Gasteiger partial charge in [0.2, 0.25) is 0 Å². The lowest BCUT2D eigenvalue weighted by molar-refractivity contribution is 0.343. The summed E-state index contributed by atoms with van der Waals surface area (Å²) in [5.41, 5.74) is 4.12. The summed E-state index contributed by atoms with van der Waals surface area (Å²) in [5.74, 6) is 0.625. The molecule has 0 fully saturated rings. The van der Waals surface area contributed by atoms with Gasteiger partial charge in [0.1, 0.15) is 18.2 Å². The first kappa shape index (κ1) is 14.8. The zero-order valence-electron chi connectivity index (χ0n) is 12.8. The minimum absolute atomic E-state index is 0.144. The zero-order valence-corrected chi connectivity index (χ0v) is 12.8. The number of hydrogen-bond acceptors (Lipinski definition) is 2. The Balaban J connectivity index is 1.84. The Morgan fingerprint density at radius 2 is 1.95 bits per heavy atom. The molecule has 1 heterocycles. The minimum atomic E-state index is -0.144. The fourth-order valence-electron chi connectivity index (χ4n) is 2.93. The molecule has 0 aliphatic heterocycles. The van der Waals surface area contributed by atoms with Gasteiger partial charge in [0.05, 0.1) is 6.20 Å². The highest BCUT2D eigenvalue weighted by Gasteiger charge is 2.17. The molecule has 114 valence electrons. The summed E-state index contributed by atoms with van der Waals surface area (Å²) in [4.78, 5) is 4.14. The number of allylic oxidation sites excluding steroid dienone is 1. The van der Waals surface area contributed by atoms with E-state index in [1.807, 2.05) is 25.1 Å². The molecule has 1 aliphatic rings. The molecule has 0 amide bonds. The number of benzene rings is 1. The van der Waals surface area contributed by atoms with E-state index >= 15 is 0 Å². The summed E-state index contributed by atoms with van der Waals surface area (Å²) in [6.07, 6.45) is 7.67. The first-order chi connectivity index (χ1) is 10.7.